The van der Waals surface area contributed by atoms with Gasteiger partial charge in [-0.2, -0.15) is 0 Å². The first-order valence-corrected chi connectivity index (χ1v) is 4.85. The van der Waals surface area contributed by atoms with Crippen LogP contribution in [-0.2, 0) is 16.0 Å². The van der Waals surface area contributed by atoms with Crippen LogP contribution in [0.2, 0.25) is 0 Å². The molecule has 0 N–H and O–H groups in total. The van der Waals surface area contributed by atoms with Gasteiger partial charge in [0.15, 0.2) is 0 Å². The lowest BCUT2D eigenvalue weighted by Crippen LogP contribution is -2.06. The summed E-state index contributed by atoms with van der Waals surface area (Å²) in [4.78, 5) is 11.0. The van der Waals surface area contributed by atoms with Crippen LogP contribution in [-0.4, -0.2) is 13.1 Å². The molecule has 0 aliphatic carbocycles. The lowest BCUT2D eigenvalue weighted by atomic mass is 10.1. The van der Waals surface area contributed by atoms with Gasteiger partial charge in [-0.1, -0.05) is 15.9 Å². The first-order chi connectivity index (χ1) is 6.54. The van der Waals surface area contributed by atoms with E-state index in [1.54, 1.807) is 6.92 Å². The molecule has 0 unspecified atom stereocenters. The Labute approximate surface area is 90.2 Å². The van der Waals surface area contributed by atoms with Crippen LogP contribution in [0, 0.1) is 12.7 Å². The summed E-state index contributed by atoms with van der Waals surface area (Å²) in [6.07, 6.45) is 0.156. The number of hydrogen-bond donors (Lipinski definition) is 0. The van der Waals surface area contributed by atoms with E-state index in [1.165, 1.54) is 19.2 Å². The molecule has 0 bridgehead atoms. The van der Waals surface area contributed by atoms with Crippen molar-refractivity contribution in [1.82, 2.24) is 0 Å². The maximum absolute atomic E-state index is 12.9. The van der Waals surface area contributed by atoms with Gasteiger partial charge in [0.1, 0.15) is 5.82 Å². The van der Waals surface area contributed by atoms with Crippen LogP contribution in [0.1, 0.15) is 11.1 Å². The van der Waals surface area contributed by atoms with Crippen molar-refractivity contribution < 1.29 is 13.9 Å². The van der Waals surface area contributed by atoms with Crippen molar-refractivity contribution in [1.29, 1.82) is 0 Å². The van der Waals surface area contributed by atoms with E-state index in [1.807, 2.05) is 0 Å². The highest BCUT2D eigenvalue weighted by Gasteiger charge is 2.10. The Morgan fingerprint density at radius 3 is 2.71 bits per heavy atom. The predicted octanol–water partition coefficient (Wildman–Crippen LogP) is 2.61. The van der Waals surface area contributed by atoms with Gasteiger partial charge < -0.3 is 4.74 Å². The molecular formula is C10H10BrFO2. The zero-order valence-corrected chi connectivity index (χ0v) is 9.52. The second kappa shape index (κ2) is 4.55. The number of rotatable bonds is 2. The first-order valence-electron chi connectivity index (χ1n) is 4.06. The van der Waals surface area contributed by atoms with E-state index in [0.717, 1.165) is 11.1 Å². The molecule has 0 aliphatic rings. The van der Waals surface area contributed by atoms with E-state index in [4.69, 9.17) is 0 Å². The number of esters is 1. The smallest absolute Gasteiger partial charge is 0.310 e. The Hall–Kier alpha value is -0.900. The summed E-state index contributed by atoms with van der Waals surface area (Å²) in [6.45, 7) is 1.76. The third kappa shape index (κ3) is 2.54. The number of carbonyl (C=O) groups is 1. The number of hydrogen-bond acceptors (Lipinski definition) is 2. The van der Waals surface area contributed by atoms with Gasteiger partial charge >= 0.3 is 5.97 Å². The Balaban J connectivity index is 3.02. The number of aryl methyl sites for hydroxylation is 1. The first kappa shape index (κ1) is 11.2. The van der Waals surface area contributed by atoms with Gasteiger partial charge in [0.2, 0.25) is 0 Å². The molecular weight excluding hydrogens is 251 g/mol. The number of methoxy groups -OCH3 is 1. The average Bonchev–Trinajstić information content (AvgIpc) is 2.10. The van der Waals surface area contributed by atoms with Crippen LogP contribution in [0.25, 0.3) is 0 Å². The summed E-state index contributed by atoms with van der Waals surface area (Å²) in [7, 11) is 1.33. The fraction of sp³-hybridized carbons (Fsp3) is 0.300. The van der Waals surface area contributed by atoms with Crippen LogP contribution in [0.5, 0.6) is 0 Å². The standard InChI is InChI=1S/C10H10BrFO2/c1-6-3-7(12)4-9(11)8(6)5-10(13)14-2/h3-4H,5H2,1-2H3. The zero-order chi connectivity index (χ0) is 10.7. The van der Waals surface area contributed by atoms with Crippen LogP contribution in [0.15, 0.2) is 16.6 Å². The molecule has 0 saturated heterocycles. The zero-order valence-electron chi connectivity index (χ0n) is 7.93. The SMILES string of the molecule is COC(=O)Cc1c(C)cc(F)cc1Br. The fourth-order valence-corrected chi connectivity index (χ4v) is 1.84. The van der Waals surface area contributed by atoms with Crippen LogP contribution < -0.4 is 0 Å². The molecule has 14 heavy (non-hydrogen) atoms. The van der Waals surface area contributed by atoms with E-state index >= 15 is 0 Å². The second-order valence-electron chi connectivity index (χ2n) is 2.94. The topological polar surface area (TPSA) is 26.3 Å². The molecule has 76 valence electrons. The Bertz CT molecular complexity index is 340. The molecule has 0 aliphatic heterocycles. The molecule has 1 aromatic carbocycles. The van der Waals surface area contributed by atoms with Gasteiger partial charge in [0.05, 0.1) is 13.5 Å². The van der Waals surface area contributed by atoms with Crippen molar-refractivity contribution in [2.45, 2.75) is 13.3 Å². The van der Waals surface area contributed by atoms with E-state index in [-0.39, 0.29) is 18.2 Å². The minimum absolute atomic E-state index is 0.156. The van der Waals surface area contributed by atoms with Gasteiger partial charge in [0, 0.05) is 4.47 Å². The number of halogens is 2. The Morgan fingerprint density at radius 2 is 2.21 bits per heavy atom. The van der Waals surface area contributed by atoms with E-state index in [9.17, 15) is 9.18 Å². The summed E-state index contributed by atoms with van der Waals surface area (Å²) in [5, 5.41) is 0. The quantitative estimate of drug-likeness (QED) is 0.765. The molecule has 4 heteroatoms. The summed E-state index contributed by atoms with van der Waals surface area (Å²) in [5.41, 5.74) is 1.50. The summed E-state index contributed by atoms with van der Waals surface area (Å²) in [5.74, 6) is -0.650. The number of ether oxygens (including phenoxy) is 1. The fourth-order valence-electron chi connectivity index (χ4n) is 1.17. The minimum atomic E-state index is -0.333. The van der Waals surface area contributed by atoms with Crippen molar-refractivity contribution in [3.05, 3.63) is 33.5 Å². The van der Waals surface area contributed by atoms with Crippen LogP contribution in [0.3, 0.4) is 0 Å². The van der Waals surface area contributed by atoms with Crippen LogP contribution >= 0.6 is 15.9 Å². The van der Waals surface area contributed by atoms with Crippen molar-refractivity contribution in [2.24, 2.45) is 0 Å². The molecule has 0 fully saturated rings. The molecule has 0 amide bonds. The van der Waals surface area contributed by atoms with Crippen molar-refractivity contribution in [3.63, 3.8) is 0 Å². The second-order valence-corrected chi connectivity index (χ2v) is 3.79. The highest BCUT2D eigenvalue weighted by atomic mass is 79.9. The maximum Gasteiger partial charge on any atom is 0.310 e. The van der Waals surface area contributed by atoms with Gasteiger partial charge in [-0.15, -0.1) is 0 Å². The number of carbonyl (C=O) groups excluding carboxylic acids is 1. The van der Waals surface area contributed by atoms with Gasteiger partial charge in [-0.3, -0.25) is 4.79 Å². The van der Waals surface area contributed by atoms with E-state index < -0.39 is 0 Å². The molecule has 0 radical (unpaired) electrons. The highest BCUT2D eigenvalue weighted by molar-refractivity contribution is 9.10. The molecule has 0 atom stereocenters. The monoisotopic (exact) mass is 260 g/mol. The van der Waals surface area contributed by atoms with Crippen molar-refractivity contribution in [2.75, 3.05) is 7.11 Å². The molecule has 0 saturated carbocycles. The molecule has 2 nitrogen and oxygen atoms in total. The van der Waals surface area contributed by atoms with Crippen LogP contribution in [0.4, 0.5) is 4.39 Å². The van der Waals surface area contributed by atoms with E-state index in [0.29, 0.717) is 4.47 Å². The minimum Gasteiger partial charge on any atom is -0.469 e. The normalized spacial score (nSPS) is 10.0. The Kier molecular flexibility index (Phi) is 3.63. The largest absolute Gasteiger partial charge is 0.469 e. The highest BCUT2D eigenvalue weighted by Crippen LogP contribution is 2.22. The molecule has 1 aromatic rings. The summed E-state index contributed by atoms with van der Waals surface area (Å²) < 4.78 is 18.0. The lowest BCUT2D eigenvalue weighted by Gasteiger charge is -2.07. The third-order valence-electron chi connectivity index (χ3n) is 1.93. The average molecular weight is 261 g/mol. The lowest BCUT2D eigenvalue weighted by molar-refractivity contribution is -0.139. The third-order valence-corrected chi connectivity index (χ3v) is 2.64. The molecule has 0 aromatic heterocycles. The van der Waals surface area contributed by atoms with Crippen molar-refractivity contribution in [3.8, 4) is 0 Å². The Morgan fingerprint density at radius 1 is 1.57 bits per heavy atom. The summed E-state index contributed by atoms with van der Waals surface area (Å²) in [6, 6.07) is 2.73. The van der Waals surface area contributed by atoms with Crippen molar-refractivity contribution >= 4 is 21.9 Å². The maximum atomic E-state index is 12.9. The summed E-state index contributed by atoms with van der Waals surface area (Å²) >= 11 is 3.21. The molecule has 1 rings (SSSR count). The van der Waals surface area contributed by atoms with Gasteiger partial charge in [-0.25, -0.2) is 4.39 Å². The van der Waals surface area contributed by atoms with Gasteiger partial charge in [-0.05, 0) is 30.2 Å². The predicted molar refractivity (Wildman–Crippen MR) is 54.6 cm³/mol. The molecule has 0 heterocycles. The molecule has 0 spiro atoms. The van der Waals surface area contributed by atoms with E-state index in [2.05, 4.69) is 20.7 Å². The number of benzene rings is 1. The van der Waals surface area contributed by atoms with Gasteiger partial charge in [0.25, 0.3) is 0 Å².